The van der Waals surface area contributed by atoms with Gasteiger partial charge in [0.15, 0.2) is 17.6 Å². The van der Waals surface area contributed by atoms with E-state index in [1.165, 1.54) is 6.33 Å². The van der Waals surface area contributed by atoms with Crippen LogP contribution < -0.4 is 14.8 Å². The van der Waals surface area contributed by atoms with Gasteiger partial charge in [-0.15, -0.1) is 0 Å². The minimum atomic E-state index is -0.188. The first-order valence-electron chi connectivity index (χ1n) is 10.5. The van der Waals surface area contributed by atoms with Gasteiger partial charge in [-0.25, -0.2) is 9.97 Å². The summed E-state index contributed by atoms with van der Waals surface area (Å²) in [5, 5.41) is 4.72. The summed E-state index contributed by atoms with van der Waals surface area (Å²) in [7, 11) is 1.62. The summed E-state index contributed by atoms with van der Waals surface area (Å²) >= 11 is 9.64. The van der Waals surface area contributed by atoms with Crippen molar-refractivity contribution in [1.29, 1.82) is 0 Å². The molecule has 0 unspecified atom stereocenters. The zero-order valence-electron chi connectivity index (χ0n) is 17.7. The van der Waals surface area contributed by atoms with Gasteiger partial charge in [0.2, 0.25) is 0 Å². The van der Waals surface area contributed by atoms with Gasteiger partial charge >= 0.3 is 0 Å². The number of hydrogen-bond acceptors (Lipinski definition) is 7. The third-order valence-electron chi connectivity index (χ3n) is 6.02. The molecule has 2 saturated heterocycles. The second kappa shape index (κ2) is 9.02. The molecule has 7 nitrogen and oxygen atoms in total. The molecule has 0 bridgehead atoms. The van der Waals surface area contributed by atoms with Crippen molar-refractivity contribution >= 4 is 49.9 Å². The van der Waals surface area contributed by atoms with Gasteiger partial charge in [0, 0.05) is 27.5 Å². The van der Waals surface area contributed by atoms with Gasteiger partial charge in [-0.1, -0.05) is 18.5 Å². The maximum Gasteiger partial charge on any atom is 0.164 e. The Labute approximate surface area is 199 Å². The predicted octanol–water partition coefficient (Wildman–Crippen LogP) is 5.37. The van der Waals surface area contributed by atoms with Crippen molar-refractivity contribution in [3.63, 3.8) is 0 Å². The third kappa shape index (κ3) is 4.01. The van der Waals surface area contributed by atoms with E-state index >= 15 is 0 Å². The Hall–Kier alpha value is -2.13. The van der Waals surface area contributed by atoms with E-state index in [1.807, 2.05) is 30.3 Å². The molecular weight excluding hydrogens is 498 g/mol. The first-order chi connectivity index (χ1) is 15.6. The second-order valence-electron chi connectivity index (χ2n) is 7.92. The van der Waals surface area contributed by atoms with E-state index in [-0.39, 0.29) is 18.3 Å². The molecule has 3 aromatic rings. The van der Waals surface area contributed by atoms with E-state index in [9.17, 15) is 0 Å². The average Bonchev–Trinajstić information content (AvgIpc) is 3.39. The van der Waals surface area contributed by atoms with Gasteiger partial charge < -0.3 is 24.3 Å². The lowest BCUT2D eigenvalue weighted by molar-refractivity contribution is 0.0285. The smallest absolute Gasteiger partial charge is 0.164 e. The van der Waals surface area contributed by atoms with Crippen LogP contribution in [-0.2, 0) is 9.47 Å². The van der Waals surface area contributed by atoms with E-state index in [0.29, 0.717) is 41.5 Å². The lowest BCUT2D eigenvalue weighted by Gasteiger charge is -2.20. The number of hydrogen-bond donors (Lipinski definition) is 1. The number of halogens is 2. The number of anilines is 2. The fourth-order valence-electron chi connectivity index (χ4n) is 4.28. The first-order valence-corrected chi connectivity index (χ1v) is 11.7. The Morgan fingerprint density at radius 3 is 2.75 bits per heavy atom. The number of nitrogens with zero attached hydrogens (tertiary/aromatic N) is 2. The molecule has 5 rings (SSSR count). The summed E-state index contributed by atoms with van der Waals surface area (Å²) in [4.78, 5) is 8.85. The van der Waals surface area contributed by atoms with Crippen molar-refractivity contribution in [1.82, 2.24) is 9.97 Å². The topological polar surface area (TPSA) is 74.7 Å². The summed E-state index contributed by atoms with van der Waals surface area (Å²) in [5.74, 6) is 2.26. The molecule has 1 aromatic heterocycles. The molecule has 0 aliphatic carbocycles. The lowest BCUT2D eigenvalue weighted by atomic mass is 9.99. The van der Waals surface area contributed by atoms with E-state index < -0.39 is 0 Å². The Morgan fingerprint density at radius 1 is 1.12 bits per heavy atom. The molecular formula is C23H23BrClN3O4. The summed E-state index contributed by atoms with van der Waals surface area (Å²) in [6.45, 7) is 3.37. The van der Waals surface area contributed by atoms with Crippen molar-refractivity contribution in [3.05, 3.63) is 46.2 Å². The predicted molar refractivity (Wildman–Crippen MR) is 126 cm³/mol. The van der Waals surface area contributed by atoms with Crippen LogP contribution in [0.15, 0.2) is 41.1 Å². The molecule has 4 atom stereocenters. The van der Waals surface area contributed by atoms with Crippen molar-refractivity contribution in [2.24, 2.45) is 5.92 Å². The van der Waals surface area contributed by atoms with Gasteiger partial charge in [-0.3, -0.25) is 0 Å². The standard InChI is InChI=1S/C23H23BrClN3O4/c1-3-12-9-30-22-20(10-31-21(12)22)32-19-8-17-14(7-18(19)29-2)23(27-11-26-17)28-13-4-5-15(24)16(25)6-13/h4-8,11-12,20-22H,3,9-10H2,1-2H3,(H,26,27,28)/t12-,20-,21+,22+/m1/s1. The number of rotatable bonds is 6. The van der Waals surface area contributed by atoms with Crippen LogP contribution in [0.3, 0.4) is 0 Å². The van der Waals surface area contributed by atoms with Gasteiger partial charge in [-0.2, -0.15) is 0 Å². The first kappa shape index (κ1) is 21.7. The Kier molecular flexibility index (Phi) is 6.11. The summed E-state index contributed by atoms with van der Waals surface area (Å²) in [6.07, 6.45) is 2.38. The molecule has 0 spiro atoms. The quantitative estimate of drug-likeness (QED) is 0.468. The fraction of sp³-hybridized carbons (Fsp3) is 0.391. The van der Waals surface area contributed by atoms with Crippen LogP contribution in [0, 0.1) is 5.92 Å². The van der Waals surface area contributed by atoms with E-state index in [4.69, 9.17) is 30.5 Å². The fourth-order valence-corrected chi connectivity index (χ4v) is 4.71. The molecule has 2 fully saturated rings. The van der Waals surface area contributed by atoms with Crippen molar-refractivity contribution in [2.75, 3.05) is 25.6 Å². The molecule has 2 aliphatic heterocycles. The molecule has 1 N–H and O–H groups in total. The number of methoxy groups -OCH3 is 1. The molecule has 3 heterocycles. The highest BCUT2D eigenvalue weighted by Gasteiger charge is 2.48. The highest BCUT2D eigenvalue weighted by atomic mass is 79.9. The normalized spacial score (nSPS) is 24.5. The Bertz CT molecular complexity index is 1150. The SMILES string of the molecule is CC[C@@H]1CO[C@@H]2[C@H]1OC[C@H]2Oc1cc2ncnc(Nc3ccc(Br)c(Cl)c3)c2cc1OC. The summed E-state index contributed by atoms with van der Waals surface area (Å²) < 4.78 is 24.8. The molecule has 168 valence electrons. The zero-order valence-corrected chi connectivity index (χ0v) is 20.0. The molecule has 2 aromatic carbocycles. The number of benzene rings is 2. The van der Waals surface area contributed by atoms with Crippen LogP contribution in [0.1, 0.15) is 13.3 Å². The van der Waals surface area contributed by atoms with Crippen LogP contribution in [0.25, 0.3) is 10.9 Å². The third-order valence-corrected chi connectivity index (χ3v) is 7.25. The second-order valence-corrected chi connectivity index (χ2v) is 9.18. The van der Waals surface area contributed by atoms with Gasteiger partial charge in [0.05, 0.1) is 37.0 Å². The number of fused-ring (bicyclic) bond motifs is 2. The number of aromatic nitrogens is 2. The highest BCUT2D eigenvalue weighted by molar-refractivity contribution is 9.10. The van der Waals surface area contributed by atoms with Crippen LogP contribution in [0.5, 0.6) is 11.5 Å². The number of nitrogens with one attached hydrogen (secondary N) is 1. The summed E-state index contributed by atoms with van der Waals surface area (Å²) in [6, 6.07) is 9.38. The van der Waals surface area contributed by atoms with Crippen LogP contribution >= 0.6 is 27.5 Å². The highest BCUT2D eigenvalue weighted by Crippen LogP contribution is 2.39. The van der Waals surface area contributed by atoms with Crippen LogP contribution in [0.4, 0.5) is 11.5 Å². The van der Waals surface area contributed by atoms with Gasteiger partial charge in [0.25, 0.3) is 0 Å². The van der Waals surface area contributed by atoms with E-state index in [0.717, 1.165) is 27.5 Å². The largest absolute Gasteiger partial charge is 0.493 e. The van der Waals surface area contributed by atoms with Gasteiger partial charge in [0.1, 0.15) is 18.2 Å². The molecule has 9 heteroatoms. The monoisotopic (exact) mass is 519 g/mol. The van der Waals surface area contributed by atoms with Crippen molar-refractivity contribution < 1.29 is 18.9 Å². The number of ether oxygens (including phenoxy) is 4. The maximum absolute atomic E-state index is 6.32. The molecule has 2 aliphatic rings. The van der Waals surface area contributed by atoms with E-state index in [2.05, 4.69) is 38.1 Å². The minimum absolute atomic E-state index is 0.0647. The molecule has 32 heavy (non-hydrogen) atoms. The van der Waals surface area contributed by atoms with Gasteiger partial charge in [-0.05, 0) is 46.6 Å². The average molecular weight is 521 g/mol. The lowest BCUT2D eigenvalue weighted by Crippen LogP contribution is -2.33. The maximum atomic E-state index is 6.32. The zero-order chi connectivity index (χ0) is 22.2. The van der Waals surface area contributed by atoms with Crippen molar-refractivity contribution in [3.8, 4) is 11.5 Å². The van der Waals surface area contributed by atoms with Crippen LogP contribution in [0.2, 0.25) is 5.02 Å². The Morgan fingerprint density at radius 2 is 1.97 bits per heavy atom. The van der Waals surface area contributed by atoms with Crippen molar-refractivity contribution in [2.45, 2.75) is 31.7 Å². The Balaban J connectivity index is 1.43. The molecule has 0 amide bonds. The van der Waals surface area contributed by atoms with E-state index in [1.54, 1.807) is 7.11 Å². The molecule has 0 saturated carbocycles. The minimum Gasteiger partial charge on any atom is -0.493 e. The summed E-state index contributed by atoms with van der Waals surface area (Å²) in [5.41, 5.74) is 1.55. The molecule has 0 radical (unpaired) electrons. The van der Waals surface area contributed by atoms with Crippen LogP contribution in [-0.4, -0.2) is 48.6 Å².